The van der Waals surface area contributed by atoms with Crippen molar-refractivity contribution in [1.82, 2.24) is 0 Å². The molecule has 0 saturated carbocycles. The van der Waals surface area contributed by atoms with E-state index in [-0.39, 0.29) is 0 Å². The Morgan fingerprint density at radius 2 is 1.64 bits per heavy atom. The third kappa shape index (κ3) is 6.45. The molecule has 14 heavy (non-hydrogen) atoms. The number of rotatable bonds is 8. The fourth-order valence-electron chi connectivity index (χ4n) is 2.39. The van der Waals surface area contributed by atoms with Gasteiger partial charge in [0.25, 0.3) is 0 Å². The summed E-state index contributed by atoms with van der Waals surface area (Å²) in [5.41, 5.74) is 0.613. The van der Waals surface area contributed by atoms with Crippen molar-refractivity contribution in [2.75, 3.05) is 0 Å². The van der Waals surface area contributed by atoms with Crippen LogP contribution in [0.25, 0.3) is 0 Å². The van der Waals surface area contributed by atoms with Crippen molar-refractivity contribution in [3.05, 3.63) is 0 Å². The van der Waals surface area contributed by atoms with E-state index < -0.39 is 0 Å². The van der Waals surface area contributed by atoms with Crippen LogP contribution in [0.2, 0.25) is 0 Å². The lowest BCUT2D eigenvalue weighted by molar-refractivity contribution is 0.218. The molecule has 0 aromatic rings. The van der Waals surface area contributed by atoms with Gasteiger partial charge in [-0.25, -0.2) is 0 Å². The first-order chi connectivity index (χ1) is 6.54. The molecule has 0 heterocycles. The molecular formula is C14H30. The van der Waals surface area contributed by atoms with Crippen LogP contribution in [0.1, 0.15) is 79.6 Å². The molecule has 0 aromatic carbocycles. The molecular weight excluding hydrogens is 168 g/mol. The lowest BCUT2D eigenvalue weighted by Crippen LogP contribution is -2.17. The summed E-state index contributed by atoms with van der Waals surface area (Å²) in [5, 5.41) is 0. The molecule has 0 saturated heterocycles. The van der Waals surface area contributed by atoms with Crippen LogP contribution in [0.3, 0.4) is 0 Å². The molecule has 0 radical (unpaired) electrons. The Labute approximate surface area is 91.5 Å². The molecule has 0 bridgehead atoms. The lowest BCUT2D eigenvalue weighted by atomic mass is 9.76. The summed E-state index contributed by atoms with van der Waals surface area (Å²) in [6, 6.07) is 0. The summed E-state index contributed by atoms with van der Waals surface area (Å²) in [4.78, 5) is 0. The molecule has 0 N–H and O–H groups in total. The van der Waals surface area contributed by atoms with Gasteiger partial charge in [-0.3, -0.25) is 0 Å². The van der Waals surface area contributed by atoms with Crippen molar-refractivity contribution >= 4 is 0 Å². The van der Waals surface area contributed by atoms with Crippen molar-refractivity contribution in [2.24, 2.45) is 11.3 Å². The molecule has 1 atom stereocenters. The summed E-state index contributed by atoms with van der Waals surface area (Å²) >= 11 is 0. The molecule has 0 rings (SSSR count). The highest BCUT2D eigenvalue weighted by atomic mass is 14.3. The van der Waals surface area contributed by atoms with Crippen LogP contribution < -0.4 is 0 Å². The van der Waals surface area contributed by atoms with E-state index in [9.17, 15) is 0 Å². The van der Waals surface area contributed by atoms with Gasteiger partial charge >= 0.3 is 0 Å². The molecule has 0 spiro atoms. The van der Waals surface area contributed by atoms with Gasteiger partial charge in [-0.05, 0) is 24.2 Å². The quantitative estimate of drug-likeness (QED) is 0.457. The second-order valence-electron chi connectivity index (χ2n) is 5.57. The fraction of sp³-hybridized carbons (Fsp3) is 1.00. The molecule has 0 aliphatic heterocycles. The maximum atomic E-state index is 2.47. The Bertz CT molecular complexity index is 126. The van der Waals surface area contributed by atoms with Crippen LogP contribution in [-0.2, 0) is 0 Å². The maximum Gasteiger partial charge on any atom is -0.0326 e. The Balaban J connectivity index is 3.75. The van der Waals surface area contributed by atoms with Gasteiger partial charge in [0, 0.05) is 0 Å². The van der Waals surface area contributed by atoms with E-state index in [1.54, 1.807) is 0 Å². The Morgan fingerprint density at radius 3 is 2.07 bits per heavy atom. The van der Waals surface area contributed by atoms with Crippen LogP contribution in [0.15, 0.2) is 0 Å². The van der Waals surface area contributed by atoms with E-state index >= 15 is 0 Å². The molecule has 0 aromatic heterocycles. The third-order valence-corrected chi connectivity index (χ3v) is 3.39. The summed E-state index contributed by atoms with van der Waals surface area (Å²) < 4.78 is 0. The van der Waals surface area contributed by atoms with Gasteiger partial charge in [0.15, 0.2) is 0 Å². The van der Waals surface area contributed by atoms with Crippen LogP contribution >= 0.6 is 0 Å². The second-order valence-corrected chi connectivity index (χ2v) is 5.57. The minimum absolute atomic E-state index is 0.613. The Kier molecular flexibility index (Phi) is 7.31. The van der Waals surface area contributed by atoms with E-state index in [4.69, 9.17) is 0 Å². The summed E-state index contributed by atoms with van der Waals surface area (Å²) in [6.45, 7) is 11.8. The topological polar surface area (TPSA) is 0 Å². The van der Waals surface area contributed by atoms with E-state index in [1.165, 1.54) is 44.9 Å². The van der Waals surface area contributed by atoms with Crippen molar-refractivity contribution in [3.8, 4) is 0 Å². The van der Waals surface area contributed by atoms with Crippen molar-refractivity contribution in [2.45, 2.75) is 79.6 Å². The predicted molar refractivity (Wildman–Crippen MR) is 66.6 cm³/mol. The van der Waals surface area contributed by atoms with Gasteiger partial charge in [-0.2, -0.15) is 0 Å². The molecule has 0 heteroatoms. The minimum Gasteiger partial charge on any atom is -0.0654 e. The average molecular weight is 198 g/mol. The molecule has 0 fully saturated rings. The zero-order valence-corrected chi connectivity index (χ0v) is 11.0. The normalized spacial score (nSPS) is 15.9. The third-order valence-electron chi connectivity index (χ3n) is 3.39. The van der Waals surface area contributed by atoms with Gasteiger partial charge < -0.3 is 0 Å². The van der Waals surface area contributed by atoms with E-state index in [1.807, 2.05) is 0 Å². The summed E-state index contributed by atoms with van der Waals surface area (Å²) in [6.07, 6.45) is 9.82. The summed E-state index contributed by atoms with van der Waals surface area (Å²) in [5.74, 6) is 0.853. The maximum absolute atomic E-state index is 2.47. The second kappa shape index (κ2) is 7.31. The zero-order valence-electron chi connectivity index (χ0n) is 11.0. The first kappa shape index (κ1) is 14.0. The number of hydrogen-bond acceptors (Lipinski definition) is 0. The molecule has 0 amide bonds. The molecule has 0 nitrogen and oxygen atoms in total. The van der Waals surface area contributed by atoms with Gasteiger partial charge in [0.1, 0.15) is 0 Å². The molecule has 0 aliphatic rings. The van der Waals surface area contributed by atoms with Crippen molar-refractivity contribution in [1.29, 1.82) is 0 Å². The zero-order chi connectivity index (χ0) is 11.0. The smallest absolute Gasteiger partial charge is 0.0326 e. The first-order valence-corrected chi connectivity index (χ1v) is 6.54. The van der Waals surface area contributed by atoms with E-state index in [0.29, 0.717) is 5.41 Å². The lowest BCUT2D eigenvalue weighted by Gasteiger charge is -2.30. The average Bonchev–Trinajstić information content (AvgIpc) is 2.11. The van der Waals surface area contributed by atoms with Crippen LogP contribution in [0, 0.1) is 11.3 Å². The molecule has 0 aliphatic carbocycles. The van der Waals surface area contributed by atoms with Gasteiger partial charge in [0.05, 0.1) is 0 Å². The Morgan fingerprint density at radius 1 is 1.00 bits per heavy atom. The van der Waals surface area contributed by atoms with Crippen LogP contribution in [0.5, 0.6) is 0 Å². The number of unbranched alkanes of at least 4 members (excludes halogenated alkanes) is 3. The monoisotopic (exact) mass is 198 g/mol. The van der Waals surface area contributed by atoms with Gasteiger partial charge in [-0.1, -0.05) is 66.7 Å². The highest BCUT2D eigenvalue weighted by Gasteiger charge is 2.22. The SMILES string of the molecule is CCCCCCC(C)(CC)CC(C)C. The highest BCUT2D eigenvalue weighted by molar-refractivity contribution is 4.74. The fourth-order valence-corrected chi connectivity index (χ4v) is 2.39. The van der Waals surface area contributed by atoms with E-state index in [2.05, 4.69) is 34.6 Å². The number of hydrogen-bond donors (Lipinski definition) is 0. The van der Waals surface area contributed by atoms with Gasteiger partial charge in [-0.15, -0.1) is 0 Å². The van der Waals surface area contributed by atoms with E-state index in [0.717, 1.165) is 5.92 Å². The van der Waals surface area contributed by atoms with Crippen LogP contribution in [-0.4, -0.2) is 0 Å². The minimum atomic E-state index is 0.613. The van der Waals surface area contributed by atoms with Crippen LogP contribution in [0.4, 0.5) is 0 Å². The predicted octanol–water partition coefficient (Wildman–Crippen LogP) is 5.42. The Hall–Kier alpha value is 0. The van der Waals surface area contributed by atoms with Gasteiger partial charge in [0.2, 0.25) is 0 Å². The molecule has 86 valence electrons. The standard InChI is InChI=1S/C14H30/c1-6-8-9-10-11-14(5,7-2)12-13(3)4/h13H,6-12H2,1-5H3. The largest absolute Gasteiger partial charge is 0.0654 e. The van der Waals surface area contributed by atoms with Crippen molar-refractivity contribution in [3.63, 3.8) is 0 Å². The summed E-state index contributed by atoms with van der Waals surface area (Å²) in [7, 11) is 0. The molecule has 1 unspecified atom stereocenters. The highest BCUT2D eigenvalue weighted by Crippen LogP contribution is 2.35. The van der Waals surface area contributed by atoms with Crippen molar-refractivity contribution < 1.29 is 0 Å². The first-order valence-electron chi connectivity index (χ1n) is 6.54.